The maximum atomic E-state index is 12.7. The predicted molar refractivity (Wildman–Crippen MR) is 111 cm³/mol. The van der Waals surface area contributed by atoms with Gasteiger partial charge in [0, 0.05) is 18.6 Å². The molecule has 0 aliphatic heterocycles. The second-order valence-electron chi connectivity index (χ2n) is 5.77. The molecular weight excluding hydrogens is 411 g/mol. The first kappa shape index (κ1) is 19.2. The Morgan fingerprint density at radius 3 is 2.48 bits per heavy atom. The maximum Gasteiger partial charge on any atom is 0.273 e. The van der Waals surface area contributed by atoms with Gasteiger partial charge in [-0.05, 0) is 18.2 Å². The summed E-state index contributed by atoms with van der Waals surface area (Å²) in [6, 6.07) is 10.2. The number of pyridine rings is 1. The minimum Gasteiger partial charge on any atom is -0.320 e. The van der Waals surface area contributed by atoms with Crippen LogP contribution in [0.15, 0.2) is 47.4 Å². The lowest BCUT2D eigenvalue weighted by molar-refractivity contribution is 0.102. The fourth-order valence-electron chi connectivity index (χ4n) is 3.01. The number of nitrogens with one attached hydrogen (secondary N) is 2. The van der Waals surface area contributed by atoms with Crippen LogP contribution in [0.1, 0.15) is 10.4 Å². The number of hydrogen-bond donors (Lipinski definition) is 2. The van der Waals surface area contributed by atoms with Gasteiger partial charge in [-0.25, -0.2) is 0 Å². The highest BCUT2D eigenvalue weighted by Crippen LogP contribution is 2.29. The molecular formula is C18H13Cl3N4O2. The second-order valence-corrected chi connectivity index (χ2v) is 6.59. The summed E-state index contributed by atoms with van der Waals surface area (Å²) in [5.74, 6) is -0.432. The molecule has 0 bridgehead atoms. The van der Waals surface area contributed by atoms with Gasteiger partial charge in [0.05, 0.1) is 37.7 Å². The molecule has 0 unspecified atom stereocenters. The van der Waals surface area contributed by atoms with Crippen LogP contribution < -0.4 is 10.9 Å². The highest BCUT2D eigenvalue weighted by Gasteiger charge is 2.17. The molecule has 0 saturated heterocycles. The molecule has 27 heavy (non-hydrogen) atoms. The van der Waals surface area contributed by atoms with E-state index in [0.29, 0.717) is 22.1 Å². The van der Waals surface area contributed by atoms with Crippen molar-refractivity contribution in [3.63, 3.8) is 0 Å². The highest BCUT2D eigenvalue weighted by molar-refractivity contribution is 6.40. The summed E-state index contributed by atoms with van der Waals surface area (Å²) in [4.78, 5) is 29.0. The number of amides is 1. The Bertz CT molecular complexity index is 1230. The minimum atomic E-state index is -0.432. The SMILES string of the molecule is Cl.Cn1[nH]c(=O)c2cnc3c(NC(=O)c4c(Cl)cccc4Cl)cccc3c21. The van der Waals surface area contributed by atoms with Gasteiger partial charge in [-0.2, -0.15) is 0 Å². The van der Waals surface area contributed by atoms with Crippen LogP contribution in [-0.4, -0.2) is 20.7 Å². The molecule has 0 atom stereocenters. The zero-order valence-electron chi connectivity index (χ0n) is 13.9. The van der Waals surface area contributed by atoms with Crippen molar-refractivity contribution in [3.05, 3.63) is 68.6 Å². The molecule has 2 heterocycles. The van der Waals surface area contributed by atoms with E-state index in [9.17, 15) is 9.59 Å². The zero-order chi connectivity index (χ0) is 18.4. The van der Waals surface area contributed by atoms with Crippen molar-refractivity contribution < 1.29 is 4.79 Å². The van der Waals surface area contributed by atoms with E-state index in [-0.39, 0.29) is 33.6 Å². The molecule has 4 aromatic rings. The van der Waals surface area contributed by atoms with Crippen molar-refractivity contribution in [3.8, 4) is 0 Å². The average Bonchev–Trinajstić information content (AvgIpc) is 2.89. The Balaban J connectivity index is 0.00000210. The summed E-state index contributed by atoms with van der Waals surface area (Å²) in [6.07, 6.45) is 1.49. The van der Waals surface area contributed by atoms with Gasteiger partial charge in [0.15, 0.2) is 0 Å². The van der Waals surface area contributed by atoms with Crippen molar-refractivity contribution in [1.82, 2.24) is 14.8 Å². The van der Waals surface area contributed by atoms with E-state index in [4.69, 9.17) is 23.2 Å². The molecule has 0 aliphatic rings. The number of anilines is 1. The molecule has 2 aromatic carbocycles. The zero-order valence-corrected chi connectivity index (χ0v) is 16.2. The Kier molecular flexibility index (Phi) is 5.15. The molecule has 0 saturated carbocycles. The summed E-state index contributed by atoms with van der Waals surface area (Å²) >= 11 is 12.2. The van der Waals surface area contributed by atoms with Crippen LogP contribution in [-0.2, 0) is 7.05 Å². The van der Waals surface area contributed by atoms with Crippen molar-refractivity contribution in [2.75, 3.05) is 5.32 Å². The van der Waals surface area contributed by atoms with Gasteiger partial charge < -0.3 is 5.32 Å². The van der Waals surface area contributed by atoms with Crippen molar-refractivity contribution in [1.29, 1.82) is 0 Å². The molecule has 0 spiro atoms. The first-order chi connectivity index (χ1) is 12.5. The van der Waals surface area contributed by atoms with Gasteiger partial charge in [-0.1, -0.05) is 41.4 Å². The third-order valence-corrected chi connectivity index (χ3v) is 4.79. The predicted octanol–water partition coefficient (Wildman–Crippen LogP) is 4.40. The number of nitrogens with zero attached hydrogens (tertiary/aromatic N) is 2. The number of fused-ring (bicyclic) bond motifs is 3. The summed E-state index contributed by atoms with van der Waals surface area (Å²) in [7, 11) is 1.75. The molecule has 0 fully saturated rings. The van der Waals surface area contributed by atoms with Crippen LogP contribution in [0.5, 0.6) is 0 Å². The van der Waals surface area contributed by atoms with Crippen molar-refractivity contribution >= 4 is 69.0 Å². The molecule has 9 heteroatoms. The average molecular weight is 424 g/mol. The van der Waals surface area contributed by atoms with Crippen molar-refractivity contribution in [2.45, 2.75) is 0 Å². The smallest absolute Gasteiger partial charge is 0.273 e. The van der Waals surface area contributed by atoms with Gasteiger partial charge >= 0.3 is 0 Å². The number of rotatable bonds is 2. The Morgan fingerprint density at radius 1 is 1.11 bits per heavy atom. The number of halogens is 3. The molecule has 0 aliphatic carbocycles. The summed E-state index contributed by atoms with van der Waals surface area (Å²) in [6.45, 7) is 0. The van der Waals surface area contributed by atoms with Crippen LogP contribution in [0.4, 0.5) is 5.69 Å². The fourth-order valence-corrected chi connectivity index (χ4v) is 3.57. The third kappa shape index (κ3) is 3.16. The lowest BCUT2D eigenvalue weighted by Gasteiger charge is -2.11. The first-order valence-corrected chi connectivity index (χ1v) is 8.45. The number of carbonyl (C=O) groups excluding carboxylic acids is 1. The summed E-state index contributed by atoms with van der Waals surface area (Å²) < 4.78 is 1.64. The van der Waals surface area contributed by atoms with E-state index in [1.165, 1.54) is 6.20 Å². The van der Waals surface area contributed by atoms with Crippen LogP contribution in [0.2, 0.25) is 10.0 Å². The molecule has 0 radical (unpaired) electrons. The largest absolute Gasteiger partial charge is 0.320 e. The number of aryl methyl sites for hydroxylation is 1. The molecule has 6 nitrogen and oxygen atoms in total. The number of para-hydroxylation sites is 1. The van der Waals surface area contributed by atoms with Gasteiger partial charge in [-0.3, -0.25) is 24.4 Å². The van der Waals surface area contributed by atoms with Gasteiger partial charge in [-0.15, -0.1) is 12.4 Å². The van der Waals surface area contributed by atoms with E-state index in [2.05, 4.69) is 15.4 Å². The van der Waals surface area contributed by atoms with E-state index in [0.717, 1.165) is 5.39 Å². The standard InChI is InChI=1S/C18H12Cl2N4O2.ClH/c1-24-16-9-4-2-7-13(15(9)21-8-10(16)17(25)23-24)22-18(26)14-11(19)5-3-6-12(14)20;/h2-8H,1H3,(H,22,26)(H,23,25);1H. The Labute approximate surface area is 169 Å². The van der Waals surface area contributed by atoms with Crippen LogP contribution in [0.3, 0.4) is 0 Å². The van der Waals surface area contributed by atoms with Crippen LogP contribution in [0, 0.1) is 0 Å². The topological polar surface area (TPSA) is 79.8 Å². The molecule has 1 amide bonds. The first-order valence-electron chi connectivity index (χ1n) is 7.69. The quantitative estimate of drug-likeness (QED) is 0.501. The minimum absolute atomic E-state index is 0. The number of H-pyrrole nitrogens is 1. The third-order valence-electron chi connectivity index (χ3n) is 4.16. The fraction of sp³-hybridized carbons (Fsp3) is 0.0556. The number of benzene rings is 2. The Morgan fingerprint density at radius 2 is 1.78 bits per heavy atom. The summed E-state index contributed by atoms with van der Waals surface area (Å²) in [5, 5.41) is 7.26. The molecule has 2 aromatic heterocycles. The lowest BCUT2D eigenvalue weighted by Crippen LogP contribution is -2.13. The number of aromatic nitrogens is 3. The van der Waals surface area contributed by atoms with Crippen molar-refractivity contribution in [2.24, 2.45) is 7.05 Å². The summed E-state index contributed by atoms with van der Waals surface area (Å²) in [5.41, 5.74) is 1.76. The lowest BCUT2D eigenvalue weighted by atomic mass is 10.1. The number of aromatic amines is 1. The van der Waals surface area contributed by atoms with E-state index in [1.807, 2.05) is 6.07 Å². The highest BCUT2D eigenvalue weighted by atomic mass is 35.5. The van der Waals surface area contributed by atoms with E-state index in [1.54, 1.807) is 42.1 Å². The van der Waals surface area contributed by atoms with Crippen LogP contribution >= 0.6 is 35.6 Å². The Hall–Kier alpha value is -2.54. The van der Waals surface area contributed by atoms with Gasteiger partial charge in [0.2, 0.25) is 0 Å². The second kappa shape index (κ2) is 7.23. The van der Waals surface area contributed by atoms with E-state index < -0.39 is 5.91 Å². The monoisotopic (exact) mass is 422 g/mol. The van der Waals surface area contributed by atoms with Crippen LogP contribution in [0.25, 0.3) is 21.8 Å². The molecule has 2 N–H and O–H groups in total. The maximum absolute atomic E-state index is 12.7. The number of hydrogen-bond acceptors (Lipinski definition) is 3. The molecule has 138 valence electrons. The normalized spacial score (nSPS) is 10.8. The van der Waals surface area contributed by atoms with Gasteiger partial charge in [0.25, 0.3) is 11.5 Å². The number of carbonyl (C=O) groups is 1. The van der Waals surface area contributed by atoms with Gasteiger partial charge in [0.1, 0.15) is 0 Å². The molecule has 4 rings (SSSR count). The van der Waals surface area contributed by atoms with E-state index >= 15 is 0 Å².